The fraction of sp³-hybridized carbons (Fsp3) is 0.567. The number of nitrogens with zero attached hydrogens (tertiary/aromatic N) is 2. The molecule has 1 amide bonds. The lowest BCUT2D eigenvalue weighted by atomic mass is 9.81. The van der Waals surface area contributed by atoms with Crippen LogP contribution in [0.1, 0.15) is 106 Å². The molecule has 8 heteroatoms. The predicted octanol–water partition coefficient (Wildman–Crippen LogP) is 6.40. The number of Topliss-reactive ketones (excluding diaryl/α,β-unsaturated/α-hetero) is 2. The number of carbonyl (C=O) groups excluding carboxylic acids is 3. The first kappa shape index (κ1) is 28.1. The highest BCUT2D eigenvalue weighted by Crippen LogP contribution is 2.31. The van der Waals surface area contributed by atoms with Crippen LogP contribution in [0.2, 0.25) is 0 Å². The Bertz CT molecular complexity index is 1230. The highest BCUT2D eigenvalue weighted by Gasteiger charge is 2.30. The van der Waals surface area contributed by atoms with E-state index in [9.17, 15) is 14.4 Å². The summed E-state index contributed by atoms with van der Waals surface area (Å²) < 4.78 is 1.12. The van der Waals surface area contributed by atoms with Crippen molar-refractivity contribution in [1.82, 2.24) is 20.3 Å². The number of aromatic nitrogens is 3. The van der Waals surface area contributed by atoms with Gasteiger partial charge in [-0.05, 0) is 48.8 Å². The number of hydrogen-bond acceptors (Lipinski definition) is 6. The van der Waals surface area contributed by atoms with E-state index in [4.69, 9.17) is 4.98 Å². The molecule has 2 atom stereocenters. The molecule has 204 valence electrons. The first-order valence-electron chi connectivity index (χ1n) is 14.1. The number of nitrogens with one attached hydrogen (secondary N) is 2. The summed E-state index contributed by atoms with van der Waals surface area (Å²) in [5, 5.41) is 4.19. The number of imidazole rings is 1. The molecule has 0 radical (unpaired) electrons. The van der Waals surface area contributed by atoms with E-state index >= 15 is 0 Å². The van der Waals surface area contributed by atoms with Crippen molar-refractivity contribution >= 4 is 39.0 Å². The molecule has 3 aromatic rings. The topological polar surface area (TPSA) is 105 Å². The number of aromatic amines is 1. The zero-order chi connectivity index (χ0) is 27.1. The van der Waals surface area contributed by atoms with E-state index in [0.29, 0.717) is 43.2 Å². The monoisotopic (exact) mass is 536 g/mol. The maximum absolute atomic E-state index is 13.7. The standard InChI is InChI=1S/C30H40N4O3S/c1-4-23(35)14-22(16-29-33-25-11-10-21(19(2)3)15-28(25)38-29)30(37)34-24(20-8-6-5-7-9-20)12-13-27(36)26-17-31-18-32-26/h10-11,15,17-20,22,24H,4-9,12-14,16H2,1-3H3,(H,31,32)(H,34,37)/t22-,24+/m0/s1. The Morgan fingerprint density at radius 1 is 1.16 bits per heavy atom. The van der Waals surface area contributed by atoms with E-state index in [1.807, 2.05) is 13.0 Å². The summed E-state index contributed by atoms with van der Waals surface area (Å²) >= 11 is 1.61. The van der Waals surface area contributed by atoms with E-state index in [1.165, 1.54) is 18.3 Å². The second kappa shape index (κ2) is 13.3. The molecule has 2 N–H and O–H groups in total. The molecule has 0 saturated heterocycles. The van der Waals surface area contributed by atoms with Crippen LogP contribution in [0, 0.1) is 11.8 Å². The van der Waals surface area contributed by atoms with Crippen molar-refractivity contribution in [3.05, 3.63) is 47.0 Å². The number of carbonyl (C=O) groups is 3. The van der Waals surface area contributed by atoms with Crippen LogP contribution in [-0.2, 0) is 16.0 Å². The molecule has 4 rings (SSSR count). The van der Waals surface area contributed by atoms with Crippen LogP contribution in [0.3, 0.4) is 0 Å². The molecule has 0 bridgehead atoms. The van der Waals surface area contributed by atoms with Crippen LogP contribution >= 0.6 is 11.3 Å². The highest BCUT2D eigenvalue weighted by atomic mass is 32.1. The maximum Gasteiger partial charge on any atom is 0.224 e. The summed E-state index contributed by atoms with van der Waals surface area (Å²) in [6.45, 7) is 6.19. The van der Waals surface area contributed by atoms with Gasteiger partial charge in [0.15, 0.2) is 5.78 Å². The van der Waals surface area contributed by atoms with Gasteiger partial charge in [-0.1, -0.05) is 46.1 Å². The molecule has 1 aliphatic rings. The summed E-state index contributed by atoms with van der Waals surface area (Å²) in [4.78, 5) is 50.5. The zero-order valence-corrected chi connectivity index (χ0v) is 23.6. The third-order valence-electron chi connectivity index (χ3n) is 7.81. The molecule has 0 unspecified atom stereocenters. The number of fused-ring (bicyclic) bond motifs is 1. The molecule has 0 aliphatic heterocycles. The Labute approximate surface area is 229 Å². The van der Waals surface area contributed by atoms with Gasteiger partial charge in [-0.2, -0.15) is 0 Å². The van der Waals surface area contributed by atoms with E-state index in [2.05, 4.69) is 41.3 Å². The SMILES string of the molecule is CCC(=O)C[C@@H](Cc1nc2ccc(C(C)C)cc2s1)C(=O)N[C@H](CCC(=O)c1cnc[nH]1)C1CCCCC1. The molecule has 38 heavy (non-hydrogen) atoms. The van der Waals surface area contributed by atoms with Crippen molar-refractivity contribution < 1.29 is 14.4 Å². The number of H-pyrrole nitrogens is 1. The first-order chi connectivity index (χ1) is 18.3. The average Bonchev–Trinajstić information content (AvgIpc) is 3.60. The second-order valence-corrected chi connectivity index (χ2v) is 12.0. The Morgan fingerprint density at radius 2 is 1.95 bits per heavy atom. The fourth-order valence-corrected chi connectivity index (χ4v) is 6.51. The third kappa shape index (κ3) is 7.37. The summed E-state index contributed by atoms with van der Waals surface area (Å²) in [5.74, 6) is 0.298. The van der Waals surface area contributed by atoms with Gasteiger partial charge in [-0.25, -0.2) is 9.97 Å². The van der Waals surface area contributed by atoms with Gasteiger partial charge in [0.2, 0.25) is 5.91 Å². The van der Waals surface area contributed by atoms with Gasteiger partial charge in [0.25, 0.3) is 0 Å². The van der Waals surface area contributed by atoms with Gasteiger partial charge in [-0.15, -0.1) is 11.3 Å². The highest BCUT2D eigenvalue weighted by molar-refractivity contribution is 7.18. The van der Waals surface area contributed by atoms with Crippen molar-refractivity contribution in [3.8, 4) is 0 Å². The van der Waals surface area contributed by atoms with Crippen LogP contribution in [-0.4, -0.2) is 38.5 Å². The van der Waals surface area contributed by atoms with Crippen molar-refractivity contribution in [2.45, 2.75) is 96.9 Å². The quantitative estimate of drug-likeness (QED) is 0.246. The number of ketones is 2. The Morgan fingerprint density at radius 3 is 2.63 bits per heavy atom. The van der Waals surface area contributed by atoms with Gasteiger partial charge >= 0.3 is 0 Å². The molecule has 1 aliphatic carbocycles. The van der Waals surface area contributed by atoms with E-state index in [0.717, 1.165) is 40.9 Å². The number of thiazole rings is 1. The largest absolute Gasteiger partial charge is 0.353 e. The lowest BCUT2D eigenvalue weighted by Gasteiger charge is -2.32. The van der Waals surface area contributed by atoms with Gasteiger partial charge in [0, 0.05) is 31.7 Å². The molecule has 7 nitrogen and oxygen atoms in total. The first-order valence-corrected chi connectivity index (χ1v) is 14.9. The molecule has 1 aromatic carbocycles. The van der Waals surface area contributed by atoms with Crippen LogP contribution in [0.15, 0.2) is 30.7 Å². The van der Waals surface area contributed by atoms with E-state index in [1.54, 1.807) is 17.5 Å². The normalized spacial score (nSPS) is 16.0. The molecule has 1 fully saturated rings. The Balaban J connectivity index is 1.49. The zero-order valence-electron chi connectivity index (χ0n) is 22.8. The van der Waals surface area contributed by atoms with E-state index < -0.39 is 5.92 Å². The molecular formula is C30H40N4O3S. The minimum Gasteiger partial charge on any atom is -0.353 e. The number of rotatable bonds is 13. The van der Waals surface area contributed by atoms with Gasteiger partial charge in [-0.3, -0.25) is 14.4 Å². The Hall–Kier alpha value is -2.87. The third-order valence-corrected chi connectivity index (χ3v) is 8.85. The van der Waals surface area contributed by atoms with Gasteiger partial charge in [0.05, 0.1) is 33.7 Å². The fourth-order valence-electron chi connectivity index (χ4n) is 5.42. The molecule has 1 saturated carbocycles. The molecule has 2 aromatic heterocycles. The maximum atomic E-state index is 13.7. The lowest BCUT2D eigenvalue weighted by molar-refractivity contribution is -0.130. The number of amides is 1. The molecular weight excluding hydrogens is 496 g/mol. The van der Waals surface area contributed by atoms with Crippen molar-refractivity contribution in [2.75, 3.05) is 0 Å². The number of hydrogen-bond donors (Lipinski definition) is 2. The second-order valence-electron chi connectivity index (χ2n) is 10.9. The van der Waals surface area contributed by atoms with Gasteiger partial charge in [0.1, 0.15) is 11.5 Å². The van der Waals surface area contributed by atoms with Crippen molar-refractivity contribution in [3.63, 3.8) is 0 Å². The van der Waals surface area contributed by atoms with E-state index in [-0.39, 0.29) is 29.9 Å². The summed E-state index contributed by atoms with van der Waals surface area (Å²) in [6.07, 6.45) is 10.7. The average molecular weight is 537 g/mol. The summed E-state index contributed by atoms with van der Waals surface area (Å²) in [6, 6.07) is 6.26. The lowest BCUT2D eigenvalue weighted by Crippen LogP contribution is -2.45. The summed E-state index contributed by atoms with van der Waals surface area (Å²) in [7, 11) is 0. The molecule has 2 heterocycles. The smallest absolute Gasteiger partial charge is 0.224 e. The van der Waals surface area contributed by atoms with Crippen molar-refractivity contribution in [1.29, 1.82) is 0 Å². The van der Waals surface area contributed by atoms with Crippen LogP contribution in [0.4, 0.5) is 0 Å². The van der Waals surface area contributed by atoms with Crippen LogP contribution < -0.4 is 5.32 Å². The van der Waals surface area contributed by atoms with Crippen molar-refractivity contribution in [2.24, 2.45) is 11.8 Å². The Kier molecular flexibility index (Phi) is 9.83. The van der Waals surface area contributed by atoms with Crippen LogP contribution in [0.5, 0.6) is 0 Å². The predicted molar refractivity (Wildman–Crippen MR) is 151 cm³/mol. The summed E-state index contributed by atoms with van der Waals surface area (Å²) in [5.41, 5.74) is 2.71. The van der Waals surface area contributed by atoms with Crippen LogP contribution in [0.25, 0.3) is 10.2 Å². The minimum atomic E-state index is -0.470. The minimum absolute atomic E-state index is 0.00510. The van der Waals surface area contributed by atoms with Gasteiger partial charge < -0.3 is 10.3 Å². The number of benzene rings is 1. The molecule has 0 spiro atoms.